The third kappa shape index (κ3) is 2.23. The summed E-state index contributed by atoms with van der Waals surface area (Å²) in [5.74, 6) is 1.29. The summed E-state index contributed by atoms with van der Waals surface area (Å²) in [5, 5.41) is 4.22. The Bertz CT molecular complexity index is 851. The van der Waals surface area contributed by atoms with Gasteiger partial charge in [0.2, 0.25) is 5.95 Å². The number of aromatic nitrogens is 5. The minimum Gasteiger partial charge on any atom is -0.378 e. The third-order valence-corrected chi connectivity index (χ3v) is 3.55. The van der Waals surface area contributed by atoms with E-state index in [9.17, 15) is 4.79 Å². The minimum atomic E-state index is -0.346. The Morgan fingerprint density at radius 3 is 2.64 bits per heavy atom. The van der Waals surface area contributed by atoms with Gasteiger partial charge in [-0.3, -0.25) is 4.98 Å². The molecule has 1 saturated heterocycles. The van der Waals surface area contributed by atoms with E-state index in [1.165, 1.54) is 4.52 Å². The number of ether oxygens (including phenoxy) is 1. The molecule has 1 aliphatic heterocycles. The quantitative estimate of drug-likeness (QED) is 0.733. The van der Waals surface area contributed by atoms with Gasteiger partial charge in [0.15, 0.2) is 5.82 Å². The summed E-state index contributed by atoms with van der Waals surface area (Å²) < 4.78 is 6.49. The standard InChI is InChI=1S/C14H14N6O2/c21-14-17-12(19-6-8-22-9-7-19)16-13-15-11(18-20(13)14)10-4-2-1-3-5-10/h1-5H,6-9H2,(H,15,16,17,18,21). The molecule has 0 aliphatic carbocycles. The van der Waals surface area contributed by atoms with Crippen LogP contribution < -0.4 is 10.6 Å². The zero-order chi connectivity index (χ0) is 14.9. The molecule has 8 heteroatoms. The Kier molecular flexibility index (Phi) is 3.08. The fourth-order valence-electron chi connectivity index (χ4n) is 2.42. The van der Waals surface area contributed by atoms with E-state index >= 15 is 0 Å². The second-order valence-corrected chi connectivity index (χ2v) is 4.98. The van der Waals surface area contributed by atoms with Gasteiger partial charge in [0.25, 0.3) is 5.78 Å². The van der Waals surface area contributed by atoms with Crippen molar-refractivity contribution >= 4 is 11.7 Å². The molecule has 0 radical (unpaired) electrons. The number of nitrogens with one attached hydrogen (secondary N) is 1. The number of anilines is 1. The number of rotatable bonds is 2. The van der Waals surface area contributed by atoms with Crippen molar-refractivity contribution in [1.29, 1.82) is 0 Å². The third-order valence-electron chi connectivity index (χ3n) is 3.55. The predicted octanol–water partition coefficient (Wildman–Crippen LogP) is 0.316. The highest BCUT2D eigenvalue weighted by Gasteiger charge is 2.17. The van der Waals surface area contributed by atoms with Crippen LogP contribution in [0.25, 0.3) is 17.2 Å². The van der Waals surface area contributed by atoms with Crippen molar-refractivity contribution in [2.24, 2.45) is 0 Å². The summed E-state index contributed by atoms with van der Waals surface area (Å²) in [6, 6.07) is 9.51. The number of morpholine rings is 1. The van der Waals surface area contributed by atoms with Crippen LogP contribution in [0, 0.1) is 0 Å². The molecule has 22 heavy (non-hydrogen) atoms. The molecule has 3 heterocycles. The van der Waals surface area contributed by atoms with E-state index in [-0.39, 0.29) is 5.69 Å². The monoisotopic (exact) mass is 298 g/mol. The largest absolute Gasteiger partial charge is 0.378 e. The fourth-order valence-corrected chi connectivity index (χ4v) is 2.42. The van der Waals surface area contributed by atoms with Gasteiger partial charge in [0.1, 0.15) is 0 Å². The topological polar surface area (TPSA) is 88.4 Å². The first kappa shape index (κ1) is 13.0. The number of fused-ring (bicyclic) bond motifs is 1. The summed E-state index contributed by atoms with van der Waals surface area (Å²) in [7, 11) is 0. The van der Waals surface area contributed by atoms with E-state index in [2.05, 4.69) is 20.1 Å². The Hall–Kier alpha value is -2.74. The van der Waals surface area contributed by atoms with Crippen molar-refractivity contribution in [3.63, 3.8) is 0 Å². The molecule has 0 bridgehead atoms. The fraction of sp³-hybridized carbons (Fsp3) is 0.286. The van der Waals surface area contributed by atoms with Crippen LogP contribution in [0.2, 0.25) is 0 Å². The minimum absolute atomic E-state index is 0.295. The van der Waals surface area contributed by atoms with Gasteiger partial charge in [-0.1, -0.05) is 30.3 Å². The van der Waals surface area contributed by atoms with Gasteiger partial charge in [0, 0.05) is 18.7 Å². The lowest BCUT2D eigenvalue weighted by Gasteiger charge is -2.26. The highest BCUT2D eigenvalue weighted by Crippen LogP contribution is 2.15. The summed E-state index contributed by atoms with van der Waals surface area (Å²) >= 11 is 0. The van der Waals surface area contributed by atoms with E-state index in [0.717, 1.165) is 5.56 Å². The van der Waals surface area contributed by atoms with E-state index in [4.69, 9.17) is 4.74 Å². The van der Waals surface area contributed by atoms with Gasteiger partial charge in [-0.15, -0.1) is 9.61 Å². The van der Waals surface area contributed by atoms with Gasteiger partial charge in [-0.2, -0.15) is 9.97 Å². The SMILES string of the molecule is O=c1[nH]c(N2CCOCC2)nc2nc(-c3ccccc3)nn12. The van der Waals surface area contributed by atoms with Crippen molar-refractivity contribution < 1.29 is 4.74 Å². The first-order chi connectivity index (χ1) is 10.8. The number of aromatic amines is 1. The van der Waals surface area contributed by atoms with Crippen LogP contribution in [0.5, 0.6) is 0 Å². The van der Waals surface area contributed by atoms with Gasteiger partial charge < -0.3 is 9.64 Å². The maximum absolute atomic E-state index is 12.2. The molecular formula is C14H14N6O2. The molecule has 8 nitrogen and oxygen atoms in total. The number of hydrogen-bond acceptors (Lipinski definition) is 6. The average Bonchev–Trinajstić information content (AvgIpc) is 3.01. The van der Waals surface area contributed by atoms with Crippen LogP contribution in [-0.2, 0) is 4.74 Å². The van der Waals surface area contributed by atoms with Crippen molar-refractivity contribution in [2.45, 2.75) is 0 Å². The van der Waals surface area contributed by atoms with Crippen molar-refractivity contribution in [3.8, 4) is 11.4 Å². The first-order valence-electron chi connectivity index (χ1n) is 7.06. The van der Waals surface area contributed by atoms with Crippen LogP contribution in [0.3, 0.4) is 0 Å². The molecule has 2 aromatic heterocycles. The van der Waals surface area contributed by atoms with E-state index in [1.807, 2.05) is 35.2 Å². The lowest BCUT2D eigenvalue weighted by atomic mass is 10.2. The van der Waals surface area contributed by atoms with Crippen molar-refractivity contribution in [2.75, 3.05) is 31.2 Å². The molecule has 1 aromatic carbocycles. The smallest absolute Gasteiger partial charge is 0.352 e. The molecule has 0 atom stereocenters. The van der Waals surface area contributed by atoms with Gasteiger partial charge in [0.05, 0.1) is 13.2 Å². The highest BCUT2D eigenvalue weighted by atomic mass is 16.5. The normalized spacial score (nSPS) is 15.4. The molecule has 1 N–H and O–H groups in total. The summed E-state index contributed by atoms with van der Waals surface area (Å²) in [6.45, 7) is 2.63. The lowest BCUT2D eigenvalue weighted by Crippen LogP contribution is -2.39. The second-order valence-electron chi connectivity index (χ2n) is 4.98. The molecule has 4 rings (SSSR count). The zero-order valence-corrected chi connectivity index (χ0v) is 11.8. The van der Waals surface area contributed by atoms with E-state index in [1.54, 1.807) is 0 Å². The molecule has 3 aromatic rings. The van der Waals surface area contributed by atoms with Gasteiger partial charge in [-0.05, 0) is 0 Å². The molecular weight excluding hydrogens is 284 g/mol. The number of hydrogen-bond donors (Lipinski definition) is 1. The van der Waals surface area contributed by atoms with Crippen LogP contribution in [0.1, 0.15) is 0 Å². The van der Waals surface area contributed by atoms with Crippen molar-refractivity contribution in [1.82, 2.24) is 24.6 Å². The number of H-pyrrole nitrogens is 1. The van der Waals surface area contributed by atoms with E-state index < -0.39 is 0 Å². The summed E-state index contributed by atoms with van der Waals surface area (Å²) in [4.78, 5) is 25.7. The second kappa shape index (κ2) is 5.23. The maximum atomic E-state index is 12.2. The Labute approximate surface area is 125 Å². The highest BCUT2D eigenvalue weighted by molar-refractivity contribution is 5.56. The molecule has 0 amide bonds. The van der Waals surface area contributed by atoms with Crippen LogP contribution in [0.4, 0.5) is 5.95 Å². The maximum Gasteiger partial charge on any atom is 0.352 e. The number of nitrogens with zero attached hydrogens (tertiary/aromatic N) is 5. The van der Waals surface area contributed by atoms with Gasteiger partial charge in [-0.25, -0.2) is 4.79 Å². The van der Waals surface area contributed by atoms with Crippen LogP contribution in [-0.4, -0.2) is 50.9 Å². The first-order valence-corrected chi connectivity index (χ1v) is 7.06. The lowest BCUT2D eigenvalue weighted by molar-refractivity contribution is 0.122. The predicted molar refractivity (Wildman–Crippen MR) is 79.9 cm³/mol. The number of benzene rings is 1. The zero-order valence-electron chi connectivity index (χ0n) is 11.8. The average molecular weight is 298 g/mol. The molecule has 0 unspecified atom stereocenters. The molecule has 0 saturated carbocycles. The molecule has 112 valence electrons. The van der Waals surface area contributed by atoms with Gasteiger partial charge >= 0.3 is 5.69 Å². The Balaban J connectivity index is 1.79. The van der Waals surface area contributed by atoms with Crippen molar-refractivity contribution in [3.05, 3.63) is 40.8 Å². The summed E-state index contributed by atoms with van der Waals surface area (Å²) in [6.07, 6.45) is 0. The van der Waals surface area contributed by atoms with E-state index in [0.29, 0.717) is 43.9 Å². The summed E-state index contributed by atoms with van der Waals surface area (Å²) in [5.41, 5.74) is 0.501. The Morgan fingerprint density at radius 2 is 1.86 bits per heavy atom. The Morgan fingerprint density at radius 1 is 1.09 bits per heavy atom. The van der Waals surface area contributed by atoms with Crippen LogP contribution >= 0.6 is 0 Å². The molecule has 0 spiro atoms. The molecule has 1 fully saturated rings. The molecule has 1 aliphatic rings. The van der Waals surface area contributed by atoms with Crippen LogP contribution in [0.15, 0.2) is 35.1 Å².